The zero-order chi connectivity index (χ0) is 23.7. The Hall–Kier alpha value is -2.80. The van der Waals surface area contributed by atoms with Crippen LogP contribution in [0.1, 0.15) is 26.9 Å². The summed E-state index contributed by atoms with van der Waals surface area (Å²) in [5.74, 6) is -1.98. The predicted octanol–water partition coefficient (Wildman–Crippen LogP) is 3.46. The molecule has 1 unspecified atom stereocenters. The monoisotopic (exact) mass is 480 g/mol. The van der Waals surface area contributed by atoms with E-state index in [0.717, 1.165) is 30.5 Å². The Balaban J connectivity index is 2.24. The van der Waals surface area contributed by atoms with Crippen LogP contribution in [0.25, 0.3) is 0 Å². The van der Waals surface area contributed by atoms with E-state index in [0.29, 0.717) is 0 Å². The molecule has 0 saturated carbocycles. The first kappa shape index (κ1) is 23.9. The second kappa shape index (κ2) is 8.98. The topological polar surface area (TPSA) is 85.8 Å². The maximum absolute atomic E-state index is 14.0. The molecule has 0 N–H and O–H groups in total. The van der Waals surface area contributed by atoms with Crippen molar-refractivity contribution in [3.05, 3.63) is 53.3 Å². The molecule has 13 heteroatoms. The van der Waals surface area contributed by atoms with Gasteiger partial charge in [-0.1, -0.05) is 12.1 Å². The second-order valence-corrected chi connectivity index (χ2v) is 8.58. The fourth-order valence-electron chi connectivity index (χ4n) is 3.37. The molecule has 0 amide bonds. The molecule has 0 saturated heterocycles. The van der Waals surface area contributed by atoms with E-state index in [-0.39, 0.29) is 17.5 Å². The van der Waals surface area contributed by atoms with Gasteiger partial charge in [0.2, 0.25) is 15.8 Å². The summed E-state index contributed by atoms with van der Waals surface area (Å²) < 4.78 is 105. The van der Waals surface area contributed by atoms with Crippen LogP contribution in [-0.2, 0) is 20.9 Å². The molecule has 1 aliphatic heterocycles. The number of pyridine rings is 1. The minimum absolute atomic E-state index is 0.0539. The van der Waals surface area contributed by atoms with E-state index < -0.39 is 68.5 Å². The van der Waals surface area contributed by atoms with Gasteiger partial charge in [0.15, 0.2) is 5.25 Å². The summed E-state index contributed by atoms with van der Waals surface area (Å²) in [7, 11) is -3.71. The molecule has 32 heavy (non-hydrogen) atoms. The summed E-state index contributed by atoms with van der Waals surface area (Å²) in [6.07, 6.45) is -7.16. The van der Waals surface area contributed by atoms with Crippen LogP contribution < -0.4 is 9.04 Å². The van der Waals surface area contributed by atoms with E-state index >= 15 is 0 Å². The van der Waals surface area contributed by atoms with E-state index in [1.807, 2.05) is 0 Å². The Labute approximate surface area is 179 Å². The second-order valence-electron chi connectivity index (χ2n) is 6.64. The number of carbonyl (C=O) groups is 1. The summed E-state index contributed by atoms with van der Waals surface area (Å²) in [6, 6.07) is 5.17. The normalized spacial score (nSPS) is 18.0. The average molecular weight is 480 g/mol. The number of carbonyl (C=O) groups excluding carboxylic acids is 1. The van der Waals surface area contributed by atoms with Crippen molar-refractivity contribution in [2.24, 2.45) is 0 Å². The van der Waals surface area contributed by atoms with Gasteiger partial charge in [0.05, 0.1) is 18.8 Å². The number of anilines is 1. The quantitative estimate of drug-likeness (QED) is 0.446. The van der Waals surface area contributed by atoms with Crippen LogP contribution in [0.3, 0.4) is 0 Å². The largest absolute Gasteiger partial charge is 0.491 e. The van der Waals surface area contributed by atoms with Gasteiger partial charge in [0.25, 0.3) is 6.43 Å². The Morgan fingerprint density at radius 3 is 2.50 bits per heavy atom. The van der Waals surface area contributed by atoms with Crippen molar-refractivity contribution >= 4 is 21.5 Å². The highest BCUT2D eigenvalue weighted by Crippen LogP contribution is 2.47. The molecule has 1 atom stereocenters. The molecular weight excluding hydrogens is 463 g/mol. The first-order chi connectivity index (χ1) is 15.0. The zero-order valence-corrected chi connectivity index (χ0v) is 17.3. The lowest BCUT2D eigenvalue weighted by Crippen LogP contribution is -2.46. The summed E-state index contributed by atoms with van der Waals surface area (Å²) in [5, 5.41) is -2.44. The molecular formula is C19H17F5N2O5S. The molecule has 2 aromatic rings. The standard InChI is InChI=1S/C19H17F5N2O5S/c1-30-8-9-31-13-6-2-4-11(15(13)19(22,23)24)18-17(27)16-12(5-3-7-25-16)26(10-14(20)21)32(18,28)29/h2-7,14,18H,8-10H2,1H3. The number of methoxy groups -OCH3 is 1. The smallest absolute Gasteiger partial charge is 0.420 e. The number of Topliss-reactive ketones (excluding diaryl/α,β-unsaturated/α-hetero) is 1. The summed E-state index contributed by atoms with van der Waals surface area (Å²) >= 11 is 0. The number of hydrogen-bond donors (Lipinski definition) is 0. The fourth-order valence-corrected chi connectivity index (χ4v) is 5.26. The molecule has 0 fully saturated rings. The first-order valence-electron chi connectivity index (χ1n) is 9.11. The molecule has 1 aromatic heterocycles. The van der Waals surface area contributed by atoms with Crippen LogP contribution >= 0.6 is 0 Å². The lowest BCUT2D eigenvalue weighted by Gasteiger charge is -2.34. The van der Waals surface area contributed by atoms with Gasteiger partial charge >= 0.3 is 6.18 Å². The minimum atomic E-state index is -5.12. The number of halogens is 5. The van der Waals surface area contributed by atoms with Gasteiger partial charge in [-0.3, -0.25) is 14.1 Å². The number of fused-ring (bicyclic) bond motifs is 1. The number of ether oxygens (including phenoxy) is 2. The third-order valence-corrected chi connectivity index (χ3v) is 6.63. The molecule has 3 rings (SSSR count). The summed E-state index contributed by atoms with van der Waals surface area (Å²) in [5.41, 5.74) is -3.37. The molecule has 0 radical (unpaired) electrons. The third-order valence-electron chi connectivity index (χ3n) is 4.60. The number of hydrogen-bond acceptors (Lipinski definition) is 6. The zero-order valence-electron chi connectivity index (χ0n) is 16.5. The van der Waals surface area contributed by atoms with Crippen LogP contribution in [0.15, 0.2) is 36.5 Å². The van der Waals surface area contributed by atoms with Crippen molar-refractivity contribution in [1.82, 2.24) is 4.98 Å². The highest BCUT2D eigenvalue weighted by molar-refractivity contribution is 7.94. The number of sulfonamides is 1. The Kier molecular flexibility index (Phi) is 6.69. The van der Waals surface area contributed by atoms with Crippen molar-refractivity contribution in [3.8, 4) is 5.75 Å². The first-order valence-corrected chi connectivity index (χ1v) is 10.6. The number of nitrogens with zero attached hydrogens (tertiary/aromatic N) is 2. The van der Waals surface area contributed by atoms with Crippen LogP contribution in [0, 0.1) is 0 Å². The molecule has 174 valence electrons. The predicted molar refractivity (Wildman–Crippen MR) is 102 cm³/mol. The van der Waals surface area contributed by atoms with Crippen molar-refractivity contribution in [2.75, 3.05) is 31.2 Å². The Morgan fingerprint density at radius 2 is 1.88 bits per heavy atom. The molecule has 0 spiro atoms. The molecule has 0 aliphatic carbocycles. The van der Waals surface area contributed by atoms with Gasteiger partial charge < -0.3 is 9.47 Å². The van der Waals surface area contributed by atoms with Gasteiger partial charge in [0, 0.05) is 13.3 Å². The van der Waals surface area contributed by atoms with Crippen molar-refractivity contribution in [2.45, 2.75) is 17.9 Å². The van der Waals surface area contributed by atoms with Crippen LogP contribution in [0.5, 0.6) is 5.75 Å². The van der Waals surface area contributed by atoms with Gasteiger partial charge in [-0.15, -0.1) is 0 Å². The average Bonchev–Trinajstić information content (AvgIpc) is 2.70. The van der Waals surface area contributed by atoms with Gasteiger partial charge in [-0.25, -0.2) is 17.2 Å². The maximum atomic E-state index is 14.0. The summed E-state index contributed by atoms with van der Waals surface area (Å²) in [6.45, 7) is -1.69. The number of ketones is 1. The molecule has 1 aromatic carbocycles. The minimum Gasteiger partial charge on any atom is -0.491 e. The highest BCUT2D eigenvalue weighted by atomic mass is 32.2. The summed E-state index contributed by atoms with van der Waals surface area (Å²) in [4.78, 5) is 16.8. The number of rotatable bonds is 7. The van der Waals surface area contributed by atoms with Crippen LogP contribution in [0.4, 0.5) is 27.6 Å². The molecule has 2 heterocycles. The number of alkyl halides is 5. The van der Waals surface area contributed by atoms with E-state index in [9.17, 15) is 35.2 Å². The van der Waals surface area contributed by atoms with Gasteiger partial charge in [-0.05, 0) is 23.8 Å². The molecule has 0 bridgehead atoms. The third kappa shape index (κ3) is 4.39. The van der Waals surface area contributed by atoms with Crippen molar-refractivity contribution in [3.63, 3.8) is 0 Å². The molecule has 7 nitrogen and oxygen atoms in total. The fraction of sp³-hybridized carbons (Fsp3) is 0.368. The Morgan fingerprint density at radius 1 is 1.16 bits per heavy atom. The van der Waals surface area contributed by atoms with E-state index in [2.05, 4.69) is 4.98 Å². The van der Waals surface area contributed by atoms with E-state index in [1.54, 1.807) is 0 Å². The van der Waals surface area contributed by atoms with Crippen LogP contribution in [0.2, 0.25) is 0 Å². The van der Waals surface area contributed by atoms with Crippen LogP contribution in [-0.4, -0.2) is 52.5 Å². The van der Waals surface area contributed by atoms with Crippen molar-refractivity contribution in [1.29, 1.82) is 0 Å². The number of benzene rings is 1. The Bertz CT molecular complexity index is 1110. The lowest BCUT2D eigenvalue weighted by molar-refractivity contribution is -0.139. The molecule has 1 aliphatic rings. The van der Waals surface area contributed by atoms with Crippen molar-refractivity contribution < 1.29 is 44.6 Å². The lowest BCUT2D eigenvalue weighted by atomic mass is 9.98. The highest BCUT2D eigenvalue weighted by Gasteiger charge is 2.51. The van der Waals surface area contributed by atoms with Gasteiger partial charge in [0.1, 0.15) is 23.6 Å². The maximum Gasteiger partial charge on any atom is 0.420 e. The van der Waals surface area contributed by atoms with E-state index in [1.165, 1.54) is 13.2 Å². The van der Waals surface area contributed by atoms with E-state index in [4.69, 9.17) is 9.47 Å². The SMILES string of the molecule is COCCOc1cccc(C2C(=O)c3ncccc3N(CC(F)F)S2(=O)=O)c1C(F)(F)F. The number of aromatic nitrogens is 1. The van der Waals surface area contributed by atoms with Gasteiger partial charge in [-0.2, -0.15) is 13.2 Å².